The first-order valence-corrected chi connectivity index (χ1v) is 8.20. The number of benzene rings is 1. The summed E-state index contributed by atoms with van der Waals surface area (Å²) >= 11 is 0. The zero-order chi connectivity index (χ0) is 16.1. The van der Waals surface area contributed by atoms with Crippen LogP contribution in [-0.4, -0.2) is 53.6 Å². The number of hydrogen-bond donors (Lipinski definition) is 1. The molecule has 122 valence electrons. The molecule has 0 aromatic heterocycles. The quantitative estimate of drug-likeness (QED) is 0.840. The minimum Gasteiger partial charge on any atom is -0.390 e. The molecule has 4 heteroatoms. The second-order valence-corrected chi connectivity index (χ2v) is 6.64. The van der Waals surface area contributed by atoms with E-state index in [4.69, 9.17) is 0 Å². The lowest BCUT2D eigenvalue weighted by molar-refractivity contribution is -0.129. The van der Waals surface area contributed by atoms with Crippen molar-refractivity contribution < 1.29 is 9.90 Å². The molecular formula is C18H28N2O2. The van der Waals surface area contributed by atoms with Gasteiger partial charge in [-0.3, -0.25) is 9.69 Å². The number of nitrogens with zero attached hydrogens (tertiary/aromatic N) is 2. The molecule has 2 rings (SSSR count). The average molecular weight is 304 g/mol. The third-order valence-electron chi connectivity index (χ3n) is 4.35. The van der Waals surface area contributed by atoms with Gasteiger partial charge in [-0.2, -0.15) is 0 Å². The van der Waals surface area contributed by atoms with Crippen LogP contribution >= 0.6 is 0 Å². The summed E-state index contributed by atoms with van der Waals surface area (Å²) < 4.78 is 0. The van der Waals surface area contributed by atoms with Crippen molar-refractivity contribution in [1.82, 2.24) is 9.80 Å². The van der Waals surface area contributed by atoms with Gasteiger partial charge in [0.25, 0.3) is 0 Å². The van der Waals surface area contributed by atoms with E-state index in [0.29, 0.717) is 25.4 Å². The smallest absolute Gasteiger partial charge is 0.222 e. The minimum absolute atomic E-state index is 0.171. The summed E-state index contributed by atoms with van der Waals surface area (Å²) in [4.78, 5) is 15.6. The molecule has 22 heavy (non-hydrogen) atoms. The normalized spacial score (nSPS) is 18.3. The molecule has 1 N–H and O–H groups in total. The van der Waals surface area contributed by atoms with Gasteiger partial charge in [-0.05, 0) is 24.9 Å². The summed E-state index contributed by atoms with van der Waals surface area (Å²) in [6, 6.07) is 10.7. The average Bonchev–Trinajstić information content (AvgIpc) is 2.85. The van der Waals surface area contributed by atoms with Crippen molar-refractivity contribution in [2.24, 2.45) is 5.92 Å². The van der Waals surface area contributed by atoms with E-state index in [1.54, 1.807) is 4.90 Å². The first kappa shape index (κ1) is 17.0. The molecule has 2 atom stereocenters. The lowest BCUT2D eigenvalue weighted by Gasteiger charge is -2.34. The zero-order valence-corrected chi connectivity index (χ0v) is 13.9. The highest BCUT2D eigenvalue weighted by molar-refractivity contribution is 5.78. The Morgan fingerprint density at radius 1 is 1.27 bits per heavy atom. The Labute approximate surface area is 133 Å². The van der Waals surface area contributed by atoms with Crippen molar-refractivity contribution in [2.45, 2.75) is 38.8 Å². The molecule has 0 radical (unpaired) electrons. The molecule has 1 saturated heterocycles. The van der Waals surface area contributed by atoms with Crippen LogP contribution in [0.5, 0.6) is 0 Å². The van der Waals surface area contributed by atoms with E-state index < -0.39 is 6.10 Å². The van der Waals surface area contributed by atoms with Crippen LogP contribution in [0.3, 0.4) is 0 Å². The molecule has 1 aliphatic heterocycles. The molecule has 0 spiro atoms. The third kappa shape index (κ3) is 4.31. The van der Waals surface area contributed by atoms with Crippen LogP contribution < -0.4 is 0 Å². The lowest BCUT2D eigenvalue weighted by atomic mass is 9.94. The Bertz CT molecular complexity index is 475. The molecule has 2 unspecified atom stereocenters. The first-order chi connectivity index (χ1) is 10.5. The number of likely N-dealkylation sites (N-methyl/N-ethyl adjacent to an activating group) is 1. The topological polar surface area (TPSA) is 43.8 Å². The number of amides is 1. The van der Waals surface area contributed by atoms with Gasteiger partial charge >= 0.3 is 0 Å². The van der Waals surface area contributed by atoms with Crippen LogP contribution in [0, 0.1) is 5.92 Å². The van der Waals surface area contributed by atoms with Gasteiger partial charge in [-0.1, -0.05) is 44.2 Å². The van der Waals surface area contributed by atoms with Crippen LogP contribution in [0.15, 0.2) is 30.3 Å². The third-order valence-corrected chi connectivity index (χ3v) is 4.35. The van der Waals surface area contributed by atoms with Gasteiger partial charge in [0.15, 0.2) is 0 Å². The van der Waals surface area contributed by atoms with Gasteiger partial charge in [0.1, 0.15) is 0 Å². The van der Waals surface area contributed by atoms with E-state index in [9.17, 15) is 9.90 Å². The van der Waals surface area contributed by atoms with E-state index in [2.05, 4.69) is 43.0 Å². The molecule has 4 nitrogen and oxygen atoms in total. The summed E-state index contributed by atoms with van der Waals surface area (Å²) in [6.45, 7) is 6.20. The molecule has 1 aromatic carbocycles. The van der Waals surface area contributed by atoms with Gasteiger partial charge in [0.05, 0.1) is 6.10 Å². The standard InChI is InChI=1S/C18H28N2O2/c1-14(2)18(15-8-5-4-6-9-15)19(3)12-16(21)13-20-11-7-10-17(20)22/h4-6,8-9,14,16,18,21H,7,10-13H2,1-3H3. The molecule has 1 amide bonds. The number of hydrogen-bond acceptors (Lipinski definition) is 3. The number of aliphatic hydroxyl groups excluding tert-OH is 1. The fourth-order valence-electron chi connectivity index (χ4n) is 3.45. The second-order valence-electron chi connectivity index (χ2n) is 6.64. The first-order valence-electron chi connectivity index (χ1n) is 8.20. The Hall–Kier alpha value is -1.39. The van der Waals surface area contributed by atoms with Crippen LogP contribution in [0.2, 0.25) is 0 Å². The molecule has 0 aliphatic carbocycles. The molecule has 1 fully saturated rings. The van der Waals surface area contributed by atoms with Gasteiger partial charge < -0.3 is 10.0 Å². The molecule has 0 bridgehead atoms. The highest BCUT2D eigenvalue weighted by atomic mass is 16.3. The van der Waals surface area contributed by atoms with Crippen molar-refractivity contribution in [2.75, 3.05) is 26.7 Å². The van der Waals surface area contributed by atoms with Crippen LogP contribution in [-0.2, 0) is 4.79 Å². The predicted octanol–water partition coefficient (Wildman–Crippen LogP) is 2.30. The van der Waals surface area contributed by atoms with Crippen molar-refractivity contribution in [3.63, 3.8) is 0 Å². The lowest BCUT2D eigenvalue weighted by Crippen LogP contribution is -2.41. The summed E-state index contributed by atoms with van der Waals surface area (Å²) in [5.41, 5.74) is 1.27. The number of aliphatic hydroxyl groups is 1. The van der Waals surface area contributed by atoms with Crippen molar-refractivity contribution in [3.05, 3.63) is 35.9 Å². The Kier molecular flexibility index (Phi) is 5.98. The number of carbonyl (C=O) groups is 1. The Morgan fingerprint density at radius 3 is 2.50 bits per heavy atom. The SMILES string of the molecule is CC(C)C(c1ccccc1)N(C)CC(O)CN1CCCC1=O. The molecular weight excluding hydrogens is 276 g/mol. The van der Waals surface area contributed by atoms with E-state index in [0.717, 1.165) is 13.0 Å². The fourth-order valence-corrected chi connectivity index (χ4v) is 3.45. The molecule has 1 aliphatic rings. The summed E-state index contributed by atoms with van der Waals surface area (Å²) in [7, 11) is 2.05. The number of β-amino-alcohol motifs (C(OH)–C–C–N with tert-alkyl or cyclic N) is 1. The molecule has 0 saturated carbocycles. The van der Waals surface area contributed by atoms with Crippen LogP contribution in [0.4, 0.5) is 0 Å². The number of rotatable bonds is 7. The van der Waals surface area contributed by atoms with Crippen molar-refractivity contribution in [1.29, 1.82) is 0 Å². The highest BCUT2D eigenvalue weighted by Gasteiger charge is 2.26. The maximum absolute atomic E-state index is 11.7. The van der Waals surface area contributed by atoms with E-state index in [1.165, 1.54) is 5.56 Å². The van der Waals surface area contributed by atoms with Gasteiger partial charge in [0.2, 0.25) is 5.91 Å². The number of likely N-dealkylation sites (tertiary alicyclic amines) is 1. The predicted molar refractivity (Wildman–Crippen MR) is 88.5 cm³/mol. The van der Waals surface area contributed by atoms with Crippen molar-refractivity contribution >= 4 is 5.91 Å². The van der Waals surface area contributed by atoms with E-state index in [-0.39, 0.29) is 11.9 Å². The van der Waals surface area contributed by atoms with Gasteiger partial charge in [-0.25, -0.2) is 0 Å². The maximum Gasteiger partial charge on any atom is 0.222 e. The Balaban J connectivity index is 1.96. The highest BCUT2D eigenvalue weighted by Crippen LogP contribution is 2.27. The van der Waals surface area contributed by atoms with Gasteiger partial charge in [-0.15, -0.1) is 0 Å². The monoisotopic (exact) mass is 304 g/mol. The maximum atomic E-state index is 11.7. The number of carbonyl (C=O) groups excluding carboxylic acids is 1. The van der Waals surface area contributed by atoms with Crippen LogP contribution in [0.1, 0.15) is 38.3 Å². The second kappa shape index (κ2) is 7.75. The summed E-state index contributed by atoms with van der Waals surface area (Å²) in [5.74, 6) is 0.623. The fraction of sp³-hybridized carbons (Fsp3) is 0.611. The summed E-state index contributed by atoms with van der Waals surface area (Å²) in [6.07, 6.45) is 1.04. The van der Waals surface area contributed by atoms with Crippen molar-refractivity contribution in [3.8, 4) is 0 Å². The Morgan fingerprint density at radius 2 is 1.95 bits per heavy atom. The van der Waals surface area contributed by atoms with Crippen LogP contribution in [0.25, 0.3) is 0 Å². The van der Waals surface area contributed by atoms with E-state index in [1.807, 2.05) is 13.1 Å². The molecule has 1 aromatic rings. The largest absolute Gasteiger partial charge is 0.390 e. The molecule has 1 heterocycles. The summed E-state index contributed by atoms with van der Waals surface area (Å²) in [5, 5.41) is 10.3. The zero-order valence-electron chi connectivity index (χ0n) is 13.9. The van der Waals surface area contributed by atoms with Gasteiger partial charge in [0, 0.05) is 32.1 Å². The van der Waals surface area contributed by atoms with E-state index >= 15 is 0 Å². The minimum atomic E-state index is -0.503.